The summed E-state index contributed by atoms with van der Waals surface area (Å²) in [5, 5.41) is 14.5. The molecule has 0 atom stereocenters. The Morgan fingerprint density at radius 3 is 2.82 bits per heavy atom. The van der Waals surface area contributed by atoms with Gasteiger partial charge in [-0.25, -0.2) is 0 Å². The average molecular weight is 148 g/mol. The van der Waals surface area contributed by atoms with Gasteiger partial charge in [-0.1, -0.05) is 0 Å². The molecule has 5 heteroatoms. The van der Waals surface area contributed by atoms with Gasteiger partial charge in [0.2, 0.25) is 12.3 Å². The Morgan fingerprint density at radius 1 is 1.18 bits per heavy atom. The molecule has 0 bridgehead atoms. The number of nitrogens with zero attached hydrogens (tertiary/aromatic N) is 4. The predicted octanol–water partition coefficient (Wildman–Crippen LogP) is 0.527. The minimum Gasteiger partial charge on any atom is -0.423 e. The lowest BCUT2D eigenvalue weighted by molar-refractivity contribution is 0.568. The number of hydrogen-bond donors (Lipinski definition) is 0. The number of hydrogen-bond acceptors (Lipinski definition) is 5. The van der Waals surface area contributed by atoms with Gasteiger partial charge in [-0.2, -0.15) is 10.2 Å². The summed E-state index contributed by atoms with van der Waals surface area (Å²) in [7, 11) is 0. The molecule has 2 rings (SSSR count). The van der Waals surface area contributed by atoms with Gasteiger partial charge >= 0.3 is 0 Å². The van der Waals surface area contributed by atoms with Gasteiger partial charge in [0.15, 0.2) is 0 Å². The zero-order chi connectivity index (χ0) is 7.52. The Hall–Kier alpha value is -1.78. The molecule has 2 aromatic rings. The molecule has 0 aliphatic carbocycles. The lowest BCUT2D eigenvalue weighted by Crippen LogP contribution is -1.81. The molecule has 0 spiro atoms. The first-order valence-electron chi connectivity index (χ1n) is 3.00. The normalized spacial score (nSPS) is 9.82. The van der Waals surface area contributed by atoms with Crippen LogP contribution >= 0.6 is 0 Å². The van der Waals surface area contributed by atoms with Crippen molar-refractivity contribution < 1.29 is 4.42 Å². The van der Waals surface area contributed by atoms with E-state index >= 15 is 0 Å². The first-order chi connectivity index (χ1) is 5.47. The van der Waals surface area contributed by atoms with E-state index in [2.05, 4.69) is 20.4 Å². The Kier molecular flexibility index (Phi) is 1.33. The fraction of sp³-hybridized carbons (Fsp3) is 0. The van der Waals surface area contributed by atoms with Gasteiger partial charge in [0, 0.05) is 0 Å². The summed E-state index contributed by atoms with van der Waals surface area (Å²) < 4.78 is 4.93. The van der Waals surface area contributed by atoms with Crippen molar-refractivity contribution in [1.82, 2.24) is 20.4 Å². The molecule has 0 saturated heterocycles. The topological polar surface area (TPSA) is 64.7 Å². The maximum absolute atomic E-state index is 4.93. The molecule has 2 aromatic heterocycles. The van der Waals surface area contributed by atoms with Crippen molar-refractivity contribution >= 4 is 0 Å². The summed E-state index contributed by atoms with van der Waals surface area (Å²) >= 11 is 0. The van der Waals surface area contributed by atoms with E-state index in [-0.39, 0.29) is 0 Å². The van der Waals surface area contributed by atoms with Crippen LogP contribution in [0.1, 0.15) is 0 Å². The lowest BCUT2D eigenvalue weighted by Gasteiger charge is -1.88. The van der Waals surface area contributed by atoms with Crippen molar-refractivity contribution in [3.8, 4) is 11.5 Å². The summed E-state index contributed by atoms with van der Waals surface area (Å²) in [6.07, 6.45) is 4.41. The van der Waals surface area contributed by atoms with Crippen molar-refractivity contribution in [3.05, 3.63) is 24.9 Å². The SMILES string of the molecule is c1cc(-c2nnco2)cnn1. The number of rotatable bonds is 1. The molecule has 0 aromatic carbocycles. The van der Waals surface area contributed by atoms with Crippen LogP contribution in [0.3, 0.4) is 0 Å². The summed E-state index contributed by atoms with van der Waals surface area (Å²) in [5.74, 6) is 0.458. The van der Waals surface area contributed by atoms with E-state index in [1.165, 1.54) is 6.39 Å². The summed E-state index contributed by atoms with van der Waals surface area (Å²) in [5.41, 5.74) is 0.775. The second-order valence-corrected chi connectivity index (χ2v) is 1.88. The highest BCUT2D eigenvalue weighted by Crippen LogP contribution is 2.11. The smallest absolute Gasteiger partial charge is 0.249 e. The van der Waals surface area contributed by atoms with E-state index in [0.717, 1.165) is 5.56 Å². The molecule has 2 heterocycles. The van der Waals surface area contributed by atoms with Crippen molar-refractivity contribution in [2.24, 2.45) is 0 Å². The van der Waals surface area contributed by atoms with E-state index in [1.54, 1.807) is 18.5 Å². The predicted molar refractivity (Wildman–Crippen MR) is 35.3 cm³/mol. The van der Waals surface area contributed by atoms with Crippen LogP contribution in [0.15, 0.2) is 29.3 Å². The van der Waals surface area contributed by atoms with Crippen LogP contribution in [-0.4, -0.2) is 20.4 Å². The van der Waals surface area contributed by atoms with Gasteiger partial charge in [0.05, 0.1) is 18.0 Å². The van der Waals surface area contributed by atoms with Gasteiger partial charge in [-0.15, -0.1) is 10.2 Å². The molecule has 0 saturated carbocycles. The van der Waals surface area contributed by atoms with Crippen molar-refractivity contribution in [2.75, 3.05) is 0 Å². The van der Waals surface area contributed by atoms with Gasteiger partial charge in [-0.3, -0.25) is 0 Å². The maximum atomic E-state index is 4.93. The van der Waals surface area contributed by atoms with E-state index in [4.69, 9.17) is 4.42 Å². The Labute approximate surface area is 62.1 Å². The average Bonchev–Trinajstić information content (AvgIpc) is 2.58. The van der Waals surface area contributed by atoms with Crippen LogP contribution in [0.5, 0.6) is 0 Å². The largest absolute Gasteiger partial charge is 0.423 e. The van der Waals surface area contributed by atoms with Crippen LogP contribution in [0, 0.1) is 0 Å². The molecule has 0 N–H and O–H groups in total. The standard InChI is InChI=1S/C6H4N4O/c1-2-7-8-3-5(1)6-10-9-4-11-6/h1-4H. The van der Waals surface area contributed by atoms with Crippen molar-refractivity contribution in [2.45, 2.75) is 0 Å². The Balaban J connectivity index is 2.46. The zero-order valence-electron chi connectivity index (χ0n) is 5.51. The minimum absolute atomic E-state index is 0.458. The van der Waals surface area contributed by atoms with Crippen LogP contribution in [-0.2, 0) is 0 Å². The monoisotopic (exact) mass is 148 g/mol. The fourth-order valence-electron chi connectivity index (χ4n) is 0.716. The maximum Gasteiger partial charge on any atom is 0.249 e. The van der Waals surface area contributed by atoms with Crippen LogP contribution < -0.4 is 0 Å². The summed E-state index contributed by atoms with van der Waals surface area (Å²) in [6, 6.07) is 1.75. The van der Waals surface area contributed by atoms with E-state index in [1.807, 2.05) is 0 Å². The van der Waals surface area contributed by atoms with Gasteiger partial charge < -0.3 is 4.42 Å². The highest BCUT2D eigenvalue weighted by Gasteiger charge is 2.00. The molecule has 11 heavy (non-hydrogen) atoms. The first-order valence-corrected chi connectivity index (χ1v) is 3.00. The molecule has 0 radical (unpaired) electrons. The van der Waals surface area contributed by atoms with Gasteiger partial charge in [0.25, 0.3) is 0 Å². The molecule has 0 unspecified atom stereocenters. The van der Waals surface area contributed by atoms with E-state index in [9.17, 15) is 0 Å². The third kappa shape index (κ3) is 1.07. The highest BCUT2D eigenvalue weighted by atomic mass is 16.4. The van der Waals surface area contributed by atoms with Crippen LogP contribution in [0.4, 0.5) is 0 Å². The van der Waals surface area contributed by atoms with Crippen LogP contribution in [0.2, 0.25) is 0 Å². The molecule has 0 aliphatic heterocycles. The zero-order valence-corrected chi connectivity index (χ0v) is 5.51. The summed E-state index contributed by atoms with van der Waals surface area (Å²) in [4.78, 5) is 0. The molecule has 0 amide bonds. The van der Waals surface area contributed by atoms with Crippen LogP contribution in [0.25, 0.3) is 11.5 Å². The molecule has 54 valence electrons. The molecule has 5 nitrogen and oxygen atoms in total. The molecule has 0 aliphatic rings. The number of aromatic nitrogens is 4. The fourth-order valence-corrected chi connectivity index (χ4v) is 0.716. The third-order valence-corrected chi connectivity index (χ3v) is 1.19. The minimum atomic E-state index is 0.458. The van der Waals surface area contributed by atoms with E-state index < -0.39 is 0 Å². The summed E-state index contributed by atoms with van der Waals surface area (Å²) in [6.45, 7) is 0. The molecular formula is C6H4N4O. The van der Waals surface area contributed by atoms with Gasteiger partial charge in [-0.05, 0) is 6.07 Å². The Morgan fingerprint density at radius 2 is 2.18 bits per heavy atom. The Bertz CT molecular complexity index is 318. The lowest BCUT2D eigenvalue weighted by atomic mass is 10.3. The van der Waals surface area contributed by atoms with Gasteiger partial charge in [0.1, 0.15) is 0 Å². The van der Waals surface area contributed by atoms with E-state index in [0.29, 0.717) is 5.89 Å². The van der Waals surface area contributed by atoms with Crippen molar-refractivity contribution in [3.63, 3.8) is 0 Å². The quantitative estimate of drug-likeness (QED) is 0.590. The highest BCUT2D eigenvalue weighted by molar-refractivity contribution is 5.48. The first kappa shape index (κ1) is 5.96. The second-order valence-electron chi connectivity index (χ2n) is 1.88. The molecular weight excluding hydrogens is 144 g/mol. The third-order valence-electron chi connectivity index (χ3n) is 1.19. The molecule has 0 fully saturated rings. The second kappa shape index (κ2) is 2.45. The van der Waals surface area contributed by atoms with Crippen molar-refractivity contribution in [1.29, 1.82) is 0 Å².